The van der Waals surface area contributed by atoms with E-state index in [4.69, 9.17) is 0 Å². The van der Waals surface area contributed by atoms with Crippen LogP contribution in [0.2, 0.25) is 19.6 Å². The van der Waals surface area contributed by atoms with Gasteiger partial charge in [0, 0.05) is 11.6 Å². The van der Waals surface area contributed by atoms with E-state index in [1.807, 2.05) is 0 Å². The van der Waals surface area contributed by atoms with Crippen molar-refractivity contribution in [2.45, 2.75) is 39.0 Å². The average molecular weight is 237 g/mol. The molecule has 0 aromatic rings. The number of aldehydes is 1. The van der Waals surface area contributed by atoms with Crippen molar-refractivity contribution in [1.82, 2.24) is 4.90 Å². The predicted octanol–water partition coefficient (Wildman–Crippen LogP) is 2.64. The van der Waals surface area contributed by atoms with Crippen LogP contribution in [0.4, 0.5) is 0 Å². The third kappa shape index (κ3) is 2.52. The van der Waals surface area contributed by atoms with Gasteiger partial charge in [-0.3, -0.25) is 4.79 Å². The number of rotatable bonds is 4. The van der Waals surface area contributed by atoms with E-state index in [9.17, 15) is 4.79 Å². The molecule has 16 heavy (non-hydrogen) atoms. The minimum absolute atomic E-state index is 0.334. The number of nitrogens with zero attached hydrogens (tertiary/aromatic N) is 1. The zero-order valence-corrected chi connectivity index (χ0v) is 12.3. The highest BCUT2D eigenvalue weighted by atomic mass is 28.3. The van der Waals surface area contributed by atoms with Gasteiger partial charge in [0.2, 0.25) is 0 Å². The normalized spacial score (nSPS) is 19.1. The Balaban J connectivity index is 3.16. The first kappa shape index (κ1) is 13.4. The van der Waals surface area contributed by atoms with Gasteiger partial charge in [0.15, 0.2) is 0 Å². The molecule has 0 aromatic heterocycles. The molecule has 2 nitrogen and oxygen atoms in total. The van der Waals surface area contributed by atoms with Gasteiger partial charge in [-0.2, -0.15) is 0 Å². The van der Waals surface area contributed by atoms with Crippen LogP contribution in [0.1, 0.15) is 13.3 Å². The molecule has 0 fully saturated rings. The zero-order valence-electron chi connectivity index (χ0n) is 11.3. The lowest BCUT2D eigenvalue weighted by atomic mass is 10.0. The summed E-state index contributed by atoms with van der Waals surface area (Å²) in [4.78, 5) is 13.3. The van der Waals surface area contributed by atoms with E-state index in [0.717, 1.165) is 18.3 Å². The Kier molecular flexibility index (Phi) is 3.91. The summed E-state index contributed by atoms with van der Waals surface area (Å²) in [5.74, 6) is 0. The fourth-order valence-corrected chi connectivity index (χ4v) is 4.07. The standard InChI is InChI=1S/C13H23NOSi/c1-10(14(2)3)13-11(9-15)7-8-12(13)16(4,5)6/h8-10H,7H2,1-6H3/t10-/m1/s1. The first-order chi connectivity index (χ1) is 7.29. The molecule has 0 saturated heterocycles. The van der Waals surface area contributed by atoms with Crippen LogP contribution in [0.5, 0.6) is 0 Å². The fourth-order valence-electron chi connectivity index (χ4n) is 2.18. The van der Waals surface area contributed by atoms with Gasteiger partial charge in [-0.25, -0.2) is 0 Å². The molecule has 0 spiro atoms. The molecule has 0 amide bonds. The minimum Gasteiger partial charge on any atom is -0.303 e. The molecule has 0 saturated carbocycles. The molecule has 0 heterocycles. The first-order valence-electron chi connectivity index (χ1n) is 5.84. The SMILES string of the molecule is C[C@H](C1=C(C=O)CC=C1[Si](C)(C)C)N(C)C. The maximum atomic E-state index is 11.1. The summed E-state index contributed by atoms with van der Waals surface area (Å²) in [6.07, 6.45) is 4.14. The summed E-state index contributed by atoms with van der Waals surface area (Å²) in [5, 5.41) is 1.47. The van der Waals surface area contributed by atoms with E-state index >= 15 is 0 Å². The Morgan fingerprint density at radius 3 is 2.31 bits per heavy atom. The molecule has 90 valence electrons. The summed E-state index contributed by atoms with van der Waals surface area (Å²) >= 11 is 0. The second kappa shape index (κ2) is 4.68. The van der Waals surface area contributed by atoms with Crippen LogP contribution < -0.4 is 0 Å². The van der Waals surface area contributed by atoms with Crippen molar-refractivity contribution in [3.05, 3.63) is 22.4 Å². The van der Waals surface area contributed by atoms with E-state index < -0.39 is 8.07 Å². The van der Waals surface area contributed by atoms with Crippen molar-refractivity contribution in [2.24, 2.45) is 0 Å². The summed E-state index contributed by atoms with van der Waals surface area (Å²) in [7, 11) is 2.80. The highest BCUT2D eigenvalue weighted by molar-refractivity contribution is 6.84. The maximum absolute atomic E-state index is 11.1. The van der Waals surface area contributed by atoms with Crippen molar-refractivity contribution >= 4 is 14.4 Å². The van der Waals surface area contributed by atoms with Crippen LogP contribution in [-0.4, -0.2) is 39.4 Å². The van der Waals surface area contributed by atoms with Crippen LogP contribution in [0.3, 0.4) is 0 Å². The molecule has 0 aromatic carbocycles. The predicted molar refractivity (Wildman–Crippen MR) is 72.3 cm³/mol. The lowest BCUT2D eigenvalue weighted by Gasteiger charge is -2.29. The number of hydrogen-bond acceptors (Lipinski definition) is 2. The zero-order chi connectivity index (χ0) is 12.5. The topological polar surface area (TPSA) is 20.3 Å². The molecule has 1 aliphatic carbocycles. The third-order valence-electron chi connectivity index (χ3n) is 3.30. The molecule has 0 N–H and O–H groups in total. The number of carbonyl (C=O) groups is 1. The van der Waals surface area contributed by atoms with Gasteiger partial charge in [0.05, 0.1) is 8.07 Å². The van der Waals surface area contributed by atoms with Crippen molar-refractivity contribution in [3.8, 4) is 0 Å². The number of likely N-dealkylation sites (N-methyl/N-ethyl adjacent to an activating group) is 1. The third-order valence-corrected chi connectivity index (χ3v) is 5.39. The average Bonchev–Trinajstić information content (AvgIpc) is 2.58. The monoisotopic (exact) mass is 237 g/mol. The molecule has 3 heteroatoms. The number of hydrogen-bond donors (Lipinski definition) is 0. The Morgan fingerprint density at radius 1 is 1.38 bits per heavy atom. The number of allylic oxidation sites excluding steroid dienone is 2. The van der Waals surface area contributed by atoms with Crippen molar-refractivity contribution in [2.75, 3.05) is 14.1 Å². The van der Waals surface area contributed by atoms with E-state index in [1.54, 1.807) is 0 Å². The Morgan fingerprint density at radius 2 is 1.94 bits per heavy atom. The first-order valence-corrected chi connectivity index (χ1v) is 9.34. The van der Waals surface area contributed by atoms with E-state index in [2.05, 4.69) is 51.6 Å². The van der Waals surface area contributed by atoms with Crippen molar-refractivity contribution in [1.29, 1.82) is 0 Å². The van der Waals surface area contributed by atoms with Gasteiger partial charge in [-0.05, 0) is 33.0 Å². The molecular weight excluding hydrogens is 214 g/mol. The second-order valence-corrected chi connectivity index (χ2v) is 10.8. The Hall–Kier alpha value is -0.673. The van der Waals surface area contributed by atoms with Gasteiger partial charge in [-0.1, -0.05) is 30.9 Å². The van der Waals surface area contributed by atoms with Crippen LogP contribution >= 0.6 is 0 Å². The van der Waals surface area contributed by atoms with Crippen LogP contribution in [0.25, 0.3) is 0 Å². The fraction of sp³-hybridized carbons (Fsp3) is 0.615. The molecule has 0 radical (unpaired) electrons. The van der Waals surface area contributed by atoms with Gasteiger partial charge >= 0.3 is 0 Å². The Labute approximate surface area is 100 Å². The van der Waals surface area contributed by atoms with Crippen LogP contribution in [0.15, 0.2) is 22.4 Å². The molecule has 1 aliphatic rings. The second-order valence-electron chi connectivity index (χ2n) is 5.77. The minimum atomic E-state index is -1.34. The van der Waals surface area contributed by atoms with Gasteiger partial charge in [0.25, 0.3) is 0 Å². The van der Waals surface area contributed by atoms with E-state index in [0.29, 0.717) is 6.04 Å². The lowest BCUT2D eigenvalue weighted by molar-refractivity contribution is -0.105. The highest BCUT2D eigenvalue weighted by Crippen LogP contribution is 2.35. The highest BCUT2D eigenvalue weighted by Gasteiger charge is 2.31. The van der Waals surface area contributed by atoms with Crippen LogP contribution in [0, 0.1) is 0 Å². The maximum Gasteiger partial charge on any atom is 0.146 e. The van der Waals surface area contributed by atoms with E-state index in [-0.39, 0.29) is 0 Å². The molecule has 0 unspecified atom stereocenters. The van der Waals surface area contributed by atoms with Crippen molar-refractivity contribution < 1.29 is 4.79 Å². The summed E-state index contributed by atoms with van der Waals surface area (Å²) in [5.41, 5.74) is 2.28. The van der Waals surface area contributed by atoms with Crippen molar-refractivity contribution in [3.63, 3.8) is 0 Å². The summed E-state index contributed by atoms with van der Waals surface area (Å²) in [6.45, 7) is 9.21. The van der Waals surface area contributed by atoms with Gasteiger partial charge in [0.1, 0.15) is 6.29 Å². The van der Waals surface area contributed by atoms with Gasteiger partial charge < -0.3 is 4.90 Å². The summed E-state index contributed by atoms with van der Waals surface area (Å²) < 4.78 is 0. The molecule has 1 rings (SSSR count). The van der Waals surface area contributed by atoms with Crippen LogP contribution in [-0.2, 0) is 4.79 Å². The largest absolute Gasteiger partial charge is 0.303 e. The van der Waals surface area contributed by atoms with Gasteiger partial charge in [-0.15, -0.1) is 0 Å². The Bertz CT molecular complexity index is 347. The molecule has 0 bridgehead atoms. The lowest BCUT2D eigenvalue weighted by Crippen LogP contribution is -2.34. The molecule has 1 atom stereocenters. The molecule has 0 aliphatic heterocycles. The molecular formula is C13H23NOSi. The number of carbonyl (C=O) groups excluding carboxylic acids is 1. The quantitative estimate of drug-likeness (QED) is 0.553. The smallest absolute Gasteiger partial charge is 0.146 e. The summed E-state index contributed by atoms with van der Waals surface area (Å²) in [6, 6.07) is 0.334. The van der Waals surface area contributed by atoms with E-state index in [1.165, 1.54) is 10.8 Å².